The van der Waals surface area contributed by atoms with Crippen molar-refractivity contribution in [1.82, 2.24) is 9.62 Å². The van der Waals surface area contributed by atoms with Crippen LogP contribution >= 0.6 is 0 Å². The van der Waals surface area contributed by atoms with Gasteiger partial charge in [-0.1, -0.05) is 18.9 Å². The van der Waals surface area contributed by atoms with Gasteiger partial charge in [0.2, 0.25) is 21.8 Å². The van der Waals surface area contributed by atoms with Crippen molar-refractivity contribution in [2.24, 2.45) is 0 Å². The average molecular weight is 422 g/mol. The summed E-state index contributed by atoms with van der Waals surface area (Å²) in [5, 5.41) is 3.07. The van der Waals surface area contributed by atoms with Crippen LogP contribution in [0.4, 0.5) is 5.69 Å². The summed E-state index contributed by atoms with van der Waals surface area (Å²) in [7, 11) is -3.60. The zero-order valence-electron chi connectivity index (χ0n) is 17.7. The van der Waals surface area contributed by atoms with E-state index in [1.54, 1.807) is 13.8 Å². The summed E-state index contributed by atoms with van der Waals surface area (Å²) in [6.45, 7) is 6.79. The number of carbonyl (C=O) groups excluding carboxylic acids is 2. The van der Waals surface area contributed by atoms with Gasteiger partial charge in [-0.2, -0.15) is 4.31 Å². The molecule has 29 heavy (non-hydrogen) atoms. The van der Waals surface area contributed by atoms with Gasteiger partial charge in [0.05, 0.1) is 12.3 Å². The Labute approximate surface area is 173 Å². The molecule has 0 unspecified atom stereocenters. The van der Waals surface area contributed by atoms with E-state index in [0.29, 0.717) is 5.69 Å². The first-order chi connectivity index (χ1) is 13.6. The molecule has 0 aromatic heterocycles. The molecule has 0 bridgehead atoms. The van der Waals surface area contributed by atoms with Crippen molar-refractivity contribution in [2.45, 2.75) is 65.0 Å². The molecule has 1 saturated carbocycles. The minimum absolute atomic E-state index is 0.0551. The number of nitrogens with zero attached hydrogens (tertiary/aromatic N) is 2. The van der Waals surface area contributed by atoms with Gasteiger partial charge >= 0.3 is 0 Å². The van der Waals surface area contributed by atoms with Crippen LogP contribution in [0.1, 0.15) is 50.7 Å². The van der Waals surface area contributed by atoms with Crippen molar-refractivity contribution in [1.29, 1.82) is 0 Å². The Balaban J connectivity index is 2.03. The predicted octanol–water partition coefficient (Wildman–Crippen LogP) is 2.12. The highest BCUT2D eigenvalue weighted by molar-refractivity contribution is 7.89. The molecule has 160 valence electrons. The minimum Gasteiger partial charge on any atom is -0.351 e. The van der Waals surface area contributed by atoms with Crippen molar-refractivity contribution < 1.29 is 18.0 Å². The van der Waals surface area contributed by atoms with Gasteiger partial charge in [0.1, 0.15) is 5.54 Å². The Hall–Kier alpha value is -1.93. The van der Waals surface area contributed by atoms with Crippen LogP contribution in [0.2, 0.25) is 0 Å². The molecule has 1 saturated heterocycles. The molecule has 1 heterocycles. The number of nitrogens with one attached hydrogen (secondary N) is 1. The lowest BCUT2D eigenvalue weighted by Crippen LogP contribution is -2.70. The number of sulfonamides is 1. The lowest BCUT2D eigenvalue weighted by molar-refractivity contribution is -0.133. The average Bonchev–Trinajstić information content (AvgIpc) is 3.13. The van der Waals surface area contributed by atoms with Gasteiger partial charge in [0.25, 0.3) is 0 Å². The summed E-state index contributed by atoms with van der Waals surface area (Å²) in [5.41, 5.74) is 1.27. The SMILES string of the molecule is CCS(=O)(=O)N1CC(=O)N(c2cc(C)cc(C)c2)[C@@](C)(C(=O)NC2CCCC2)C1. The zero-order valence-corrected chi connectivity index (χ0v) is 18.5. The topological polar surface area (TPSA) is 86.8 Å². The second kappa shape index (κ2) is 8.07. The fourth-order valence-corrected chi connectivity index (χ4v) is 5.56. The minimum atomic E-state index is -3.60. The largest absolute Gasteiger partial charge is 0.351 e. The van der Waals surface area contributed by atoms with Crippen molar-refractivity contribution in [3.63, 3.8) is 0 Å². The maximum Gasteiger partial charge on any atom is 0.247 e. The van der Waals surface area contributed by atoms with Crippen LogP contribution in [-0.2, 0) is 19.6 Å². The summed E-state index contributed by atoms with van der Waals surface area (Å²) >= 11 is 0. The molecule has 1 N–H and O–H groups in total. The van der Waals surface area contributed by atoms with Crippen LogP contribution in [0.5, 0.6) is 0 Å². The zero-order chi connectivity index (χ0) is 21.4. The van der Waals surface area contributed by atoms with Crippen molar-refractivity contribution >= 4 is 27.5 Å². The third-order valence-corrected chi connectivity index (χ3v) is 7.72. The molecule has 8 heteroatoms. The number of aryl methyl sites for hydroxylation is 2. The van der Waals surface area contributed by atoms with E-state index >= 15 is 0 Å². The van der Waals surface area contributed by atoms with Gasteiger partial charge in [0.15, 0.2) is 0 Å². The van der Waals surface area contributed by atoms with Crippen LogP contribution in [-0.4, -0.2) is 55.0 Å². The molecule has 1 aliphatic heterocycles. The summed E-state index contributed by atoms with van der Waals surface area (Å²) in [6.07, 6.45) is 3.96. The van der Waals surface area contributed by atoms with Gasteiger partial charge in [-0.15, -0.1) is 0 Å². The molecular formula is C21H31N3O4S. The van der Waals surface area contributed by atoms with Gasteiger partial charge in [-0.05, 0) is 63.8 Å². The first-order valence-electron chi connectivity index (χ1n) is 10.3. The molecular weight excluding hydrogens is 390 g/mol. The molecule has 7 nitrogen and oxygen atoms in total. The number of hydrogen-bond donors (Lipinski definition) is 1. The van der Waals surface area contributed by atoms with Crippen LogP contribution in [0.3, 0.4) is 0 Å². The van der Waals surface area contributed by atoms with E-state index in [1.807, 2.05) is 32.0 Å². The van der Waals surface area contributed by atoms with E-state index in [1.165, 1.54) is 4.90 Å². The molecule has 0 radical (unpaired) electrons. The summed E-state index contributed by atoms with van der Waals surface area (Å²) < 4.78 is 26.2. The highest BCUT2D eigenvalue weighted by atomic mass is 32.2. The fourth-order valence-electron chi connectivity index (χ4n) is 4.44. The number of piperazine rings is 1. The summed E-state index contributed by atoms with van der Waals surface area (Å²) in [6, 6.07) is 5.82. The van der Waals surface area contributed by atoms with E-state index in [0.717, 1.165) is 41.1 Å². The van der Waals surface area contributed by atoms with Gasteiger partial charge < -0.3 is 5.32 Å². The second-order valence-corrected chi connectivity index (χ2v) is 10.7. The third-order valence-electron chi connectivity index (χ3n) is 5.94. The van der Waals surface area contributed by atoms with Crippen molar-refractivity contribution in [3.8, 4) is 0 Å². The maximum atomic E-state index is 13.4. The molecule has 2 amide bonds. The van der Waals surface area contributed by atoms with Crippen LogP contribution in [0.15, 0.2) is 18.2 Å². The fraction of sp³-hybridized carbons (Fsp3) is 0.619. The first-order valence-corrected chi connectivity index (χ1v) is 11.9. The predicted molar refractivity (Wildman–Crippen MR) is 113 cm³/mol. The van der Waals surface area contributed by atoms with E-state index in [9.17, 15) is 18.0 Å². The Morgan fingerprint density at radius 3 is 2.31 bits per heavy atom. The molecule has 1 aliphatic carbocycles. The first kappa shape index (κ1) is 21.8. The monoisotopic (exact) mass is 421 g/mol. The van der Waals surface area contributed by atoms with Crippen LogP contribution < -0.4 is 10.2 Å². The Bertz CT molecular complexity index is 888. The number of hydrogen-bond acceptors (Lipinski definition) is 4. The molecule has 2 fully saturated rings. The summed E-state index contributed by atoms with van der Waals surface area (Å²) in [5.74, 6) is -0.792. The normalized spacial score (nSPS) is 24.1. The van der Waals surface area contributed by atoms with E-state index < -0.39 is 15.6 Å². The van der Waals surface area contributed by atoms with E-state index in [-0.39, 0.29) is 36.7 Å². The van der Waals surface area contributed by atoms with Gasteiger partial charge in [0, 0.05) is 18.3 Å². The van der Waals surface area contributed by atoms with Crippen molar-refractivity contribution in [3.05, 3.63) is 29.3 Å². The quantitative estimate of drug-likeness (QED) is 0.789. The molecule has 1 atom stereocenters. The lowest BCUT2D eigenvalue weighted by Gasteiger charge is -2.47. The maximum absolute atomic E-state index is 13.4. The molecule has 2 aliphatic rings. The van der Waals surface area contributed by atoms with Crippen molar-refractivity contribution in [2.75, 3.05) is 23.7 Å². The molecule has 3 rings (SSSR count). The molecule has 1 aromatic rings. The Morgan fingerprint density at radius 2 is 1.76 bits per heavy atom. The molecule has 0 spiro atoms. The molecule has 1 aromatic carbocycles. The highest BCUT2D eigenvalue weighted by Crippen LogP contribution is 2.32. The lowest BCUT2D eigenvalue weighted by atomic mass is 9.93. The van der Waals surface area contributed by atoms with Gasteiger partial charge in [-0.25, -0.2) is 8.42 Å². The smallest absolute Gasteiger partial charge is 0.247 e. The standard InChI is InChI=1S/C21H31N3O4S/c1-5-29(27,28)23-13-19(25)24(18-11-15(2)10-16(3)12-18)21(4,14-23)20(26)22-17-8-6-7-9-17/h10-12,17H,5-9,13-14H2,1-4H3,(H,22,26)/t21-/m1/s1. The number of anilines is 1. The number of rotatable bonds is 5. The number of carbonyl (C=O) groups is 2. The van der Waals surface area contributed by atoms with Crippen LogP contribution in [0.25, 0.3) is 0 Å². The van der Waals surface area contributed by atoms with Gasteiger partial charge in [-0.3, -0.25) is 14.5 Å². The number of amides is 2. The Kier molecular flexibility index (Phi) is 6.06. The third kappa shape index (κ3) is 4.33. The second-order valence-electron chi connectivity index (χ2n) is 8.47. The van der Waals surface area contributed by atoms with E-state index in [2.05, 4.69) is 5.32 Å². The highest BCUT2D eigenvalue weighted by Gasteiger charge is 2.51. The number of benzene rings is 1. The van der Waals surface area contributed by atoms with Crippen LogP contribution in [0, 0.1) is 13.8 Å². The summed E-state index contributed by atoms with van der Waals surface area (Å²) in [4.78, 5) is 28.1. The van der Waals surface area contributed by atoms with E-state index in [4.69, 9.17) is 0 Å². The Morgan fingerprint density at radius 1 is 1.17 bits per heavy atom.